The van der Waals surface area contributed by atoms with Crippen LogP contribution in [0.15, 0.2) is 23.9 Å². The van der Waals surface area contributed by atoms with Crippen molar-refractivity contribution in [2.24, 2.45) is 7.05 Å². The molecule has 0 saturated carbocycles. The molecule has 4 heteroatoms. The van der Waals surface area contributed by atoms with Gasteiger partial charge in [0, 0.05) is 19.3 Å². The van der Waals surface area contributed by atoms with Crippen LogP contribution >= 0.6 is 0 Å². The minimum absolute atomic E-state index is 0.0632. The smallest absolute Gasteiger partial charge is 0.268 e. The zero-order chi connectivity index (χ0) is 13.8. The molecule has 19 heavy (non-hydrogen) atoms. The molecule has 0 aromatic carbocycles. The highest BCUT2D eigenvalue weighted by molar-refractivity contribution is 5.93. The molecule has 0 radical (unpaired) electrons. The summed E-state index contributed by atoms with van der Waals surface area (Å²) in [7, 11) is 1.78. The lowest BCUT2D eigenvalue weighted by Gasteiger charge is -2.20. The Kier molecular flexibility index (Phi) is 4.06. The molecule has 4 nitrogen and oxygen atoms in total. The van der Waals surface area contributed by atoms with Crippen LogP contribution in [0.5, 0.6) is 0 Å². The van der Waals surface area contributed by atoms with E-state index in [-0.39, 0.29) is 11.9 Å². The first-order chi connectivity index (χ1) is 9.11. The third-order valence-corrected chi connectivity index (χ3v) is 3.60. The SMILES string of the molecule is C[C@@H](NC(=O)c1cc(C#N)cn1C)C1=CCCCC1. The van der Waals surface area contributed by atoms with Crippen molar-refractivity contribution in [1.29, 1.82) is 5.26 Å². The summed E-state index contributed by atoms with van der Waals surface area (Å²) in [4.78, 5) is 12.2. The van der Waals surface area contributed by atoms with Gasteiger partial charge in [0.15, 0.2) is 0 Å². The van der Waals surface area contributed by atoms with Crippen LogP contribution in [0.2, 0.25) is 0 Å². The first-order valence-corrected chi connectivity index (χ1v) is 6.68. The van der Waals surface area contributed by atoms with E-state index >= 15 is 0 Å². The molecule has 1 aromatic heterocycles. The summed E-state index contributed by atoms with van der Waals surface area (Å²) >= 11 is 0. The second kappa shape index (κ2) is 5.75. The van der Waals surface area contributed by atoms with Crippen molar-refractivity contribution in [2.45, 2.75) is 38.6 Å². The van der Waals surface area contributed by atoms with Gasteiger partial charge < -0.3 is 9.88 Å². The van der Waals surface area contributed by atoms with Crippen LogP contribution in [0.3, 0.4) is 0 Å². The third kappa shape index (κ3) is 3.05. The minimum Gasteiger partial charge on any atom is -0.345 e. The zero-order valence-electron chi connectivity index (χ0n) is 11.4. The Morgan fingerprint density at radius 2 is 2.32 bits per heavy atom. The van der Waals surface area contributed by atoms with Gasteiger partial charge in [-0.1, -0.05) is 11.6 Å². The van der Waals surface area contributed by atoms with Gasteiger partial charge in [0.1, 0.15) is 11.8 Å². The highest BCUT2D eigenvalue weighted by Gasteiger charge is 2.17. The van der Waals surface area contributed by atoms with Gasteiger partial charge in [0.2, 0.25) is 0 Å². The van der Waals surface area contributed by atoms with Crippen LogP contribution in [0.1, 0.15) is 48.7 Å². The van der Waals surface area contributed by atoms with Gasteiger partial charge in [-0.05, 0) is 38.7 Å². The molecule has 1 aliphatic rings. The van der Waals surface area contributed by atoms with Gasteiger partial charge >= 0.3 is 0 Å². The number of carbonyl (C=O) groups is 1. The number of hydrogen-bond donors (Lipinski definition) is 1. The summed E-state index contributed by atoms with van der Waals surface area (Å²) in [5, 5.41) is 11.8. The molecule has 1 atom stereocenters. The number of allylic oxidation sites excluding steroid dienone is 1. The van der Waals surface area contributed by atoms with E-state index in [1.54, 1.807) is 23.9 Å². The Hall–Kier alpha value is -2.02. The summed E-state index contributed by atoms with van der Waals surface area (Å²) in [5.74, 6) is -0.122. The molecule has 100 valence electrons. The second-order valence-corrected chi connectivity index (χ2v) is 5.06. The molecule has 2 rings (SSSR count). The van der Waals surface area contributed by atoms with Crippen molar-refractivity contribution in [1.82, 2.24) is 9.88 Å². The Bertz CT molecular complexity index is 548. The molecule has 0 bridgehead atoms. The highest BCUT2D eigenvalue weighted by Crippen LogP contribution is 2.20. The lowest BCUT2D eigenvalue weighted by Crippen LogP contribution is -2.35. The largest absolute Gasteiger partial charge is 0.345 e. The van der Waals surface area contributed by atoms with E-state index < -0.39 is 0 Å². The number of nitriles is 1. The fraction of sp³-hybridized carbons (Fsp3) is 0.467. The molecule has 0 spiro atoms. The number of amides is 1. The Balaban J connectivity index is 2.06. The molecule has 1 aliphatic carbocycles. The average molecular weight is 257 g/mol. The summed E-state index contributed by atoms with van der Waals surface area (Å²) < 4.78 is 1.69. The molecule has 0 saturated heterocycles. The molecule has 1 amide bonds. The normalized spacial score (nSPS) is 16.4. The lowest BCUT2D eigenvalue weighted by atomic mass is 9.95. The number of nitrogens with zero attached hydrogens (tertiary/aromatic N) is 2. The summed E-state index contributed by atoms with van der Waals surface area (Å²) in [6, 6.07) is 3.73. The van der Waals surface area contributed by atoms with E-state index in [2.05, 4.69) is 11.4 Å². The van der Waals surface area contributed by atoms with Gasteiger partial charge in [-0.2, -0.15) is 5.26 Å². The molecule has 1 heterocycles. The van der Waals surface area contributed by atoms with Crippen molar-refractivity contribution in [3.63, 3.8) is 0 Å². The van der Waals surface area contributed by atoms with Gasteiger partial charge in [0.25, 0.3) is 5.91 Å². The lowest BCUT2D eigenvalue weighted by molar-refractivity contribution is 0.0936. The number of aryl methyl sites for hydroxylation is 1. The molecule has 0 unspecified atom stereocenters. The first kappa shape index (κ1) is 13.4. The number of carbonyl (C=O) groups excluding carboxylic acids is 1. The van der Waals surface area contributed by atoms with Crippen molar-refractivity contribution >= 4 is 5.91 Å². The molecular formula is C15H19N3O. The Labute approximate surface area is 113 Å². The number of rotatable bonds is 3. The first-order valence-electron chi connectivity index (χ1n) is 6.68. The molecule has 1 aromatic rings. The fourth-order valence-electron chi connectivity index (χ4n) is 2.47. The second-order valence-electron chi connectivity index (χ2n) is 5.06. The predicted octanol–water partition coefficient (Wildman–Crippen LogP) is 2.52. The predicted molar refractivity (Wildman–Crippen MR) is 73.6 cm³/mol. The van der Waals surface area contributed by atoms with Crippen LogP contribution in [0.25, 0.3) is 0 Å². The van der Waals surface area contributed by atoms with E-state index in [9.17, 15) is 4.79 Å². The average Bonchev–Trinajstić information content (AvgIpc) is 2.81. The monoisotopic (exact) mass is 257 g/mol. The quantitative estimate of drug-likeness (QED) is 0.846. The van der Waals surface area contributed by atoms with Gasteiger partial charge in [-0.3, -0.25) is 4.79 Å². The van der Waals surface area contributed by atoms with Crippen LogP contribution in [0.4, 0.5) is 0 Å². The Morgan fingerprint density at radius 1 is 1.53 bits per heavy atom. The maximum absolute atomic E-state index is 12.2. The molecule has 0 aliphatic heterocycles. The summed E-state index contributed by atoms with van der Waals surface area (Å²) in [5.41, 5.74) is 2.35. The van der Waals surface area contributed by atoms with E-state index in [0.717, 1.165) is 12.8 Å². The van der Waals surface area contributed by atoms with Crippen molar-refractivity contribution in [2.75, 3.05) is 0 Å². The standard InChI is InChI=1S/C15H19N3O/c1-11(13-6-4-3-5-7-13)17-15(19)14-8-12(9-16)10-18(14)2/h6,8,10-11H,3-5,7H2,1-2H3,(H,17,19)/t11-/m1/s1. The van der Waals surface area contributed by atoms with Crippen molar-refractivity contribution in [3.8, 4) is 6.07 Å². The van der Waals surface area contributed by atoms with Crippen molar-refractivity contribution in [3.05, 3.63) is 35.2 Å². The van der Waals surface area contributed by atoms with Gasteiger partial charge in [-0.25, -0.2) is 0 Å². The number of nitrogens with one attached hydrogen (secondary N) is 1. The van der Waals surface area contributed by atoms with Crippen LogP contribution < -0.4 is 5.32 Å². The van der Waals surface area contributed by atoms with Crippen LogP contribution in [0, 0.1) is 11.3 Å². The minimum atomic E-state index is -0.122. The van der Waals surface area contributed by atoms with Crippen molar-refractivity contribution < 1.29 is 4.79 Å². The van der Waals surface area contributed by atoms with Crippen LogP contribution in [-0.4, -0.2) is 16.5 Å². The van der Waals surface area contributed by atoms with E-state index in [4.69, 9.17) is 5.26 Å². The third-order valence-electron chi connectivity index (χ3n) is 3.60. The number of aromatic nitrogens is 1. The fourth-order valence-corrected chi connectivity index (χ4v) is 2.47. The number of hydrogen-bond acceptors (Lipinski definition) is 2. The van der Waals surface area contributed by atoms with E-state index in [1.165, 1.54) is 18.4 Å². The van der Waals surface area contributed by atoms with E-state index in [1.807, 2.05) is 13.0 Å². The Morgan fingerprint density at radius 3 is 2.89 bits per heavy atom. The summed E-state index contributed by atoms with van der Waals surface area (Å²) in [6.07, 6.45) is 8.53. The zero-order valence-corrected chi connectivity index (χ0v) is 11.4. The topological polar surface area (TPSA) is 57.8 Å². The maximum Gasteiger partial charge on any atom is 0.268 e. The highest BCUT2D eigenvalue weighted by atomic mass is 16.2. The van der Waals surface area contributed by atoms with Gasteiger partial charge in [0.05, 0.1) is 5.56 Å². The van der Waals surface area contributed by atoms with Gasteiger partial charge in [-0.15, -0.1) is 0 Å². The maximum atomic E-state index is 12.2. The van der Waals surface area contributed by atoms with Crippen LogP contribution in [-0.2, 0) is 7.05 Å². The van der Waals surface area contributed by atoms with E-state index in [0.29, 0.717) is 11.3 Å². The molecule has 0 fully saturated rings. The summed E-state index contributed by atoms with van der Waals surface area (Å²) in [6.45, 7) is 2.02. The molecule has 1 N–H and O–H groups in total. The molecular weight excluding hydrogens is 238 g/mol.